The molecule has 28 heavy (non-hydrogen) atoms. The number of aliphatic hydroxyl groups is 1. The number of benzene rings is 2. The van der Waals surface area contributed by atoms with E-state index in [9.17, 15) is 15.3 Å². The minimum Gasteiger partial charge on any atom is -0.504 e. The average molecular weight is 405 g/mol. The van der Waals surface area contributed by atoms with Gasteiger partial charge >= 0.3 is 0 Å². The lowest BCUT2D eigenvalue weighted by molar-refractivity contribution is 0.270. The molecular formula is C20H21ClN2O5. The number of aromatic hydroxyl groups is 2. The number of hydrogen-bond acceptors (Lipinski definition) is 6. The molecule has 0 aliphatic rings. The number of rotatable bonds is 7. The zero-order valence-corrected chi connectivity index (χ0v) is 16.3. The fraction of sp³-hybridized carbons (Fsp3) is 0.250. The van der Waals surface area contributed by atoms with E-state index in [1.54, 1.807) is 28.9 Å². The van der Waals surface area contributed by atoms with Crippen molar-refractivity contribution in [1.29, 1.82) is 0 Å². The number of phenolic OH excluding ortho intramolecular Hbond substituents is 2. The predicted molar refractivity (Wildman–Crippen MR) is 106 cm³/mol. The molecular weight excluding hydrogens is 384 g/mol. The first-order valence-corrected chi connectivity index (χ1v) is 9.08. The lowest BCUT2D eigenvalue weighted by Crippen LogP contribution is -2.06. The van der Waals surface area contributed by atoms with Crippen LogP contribution >= 0.6 is 11.6 Å². The molecule has 0 atom stereocenters. The quantitative estimate of drug-likeness (QED) is 0.555. The fourth-order valence-corrected chi connectivity index (χ4v) is 3.15. The van der Waals surface area contributed by atoms with Gasteiger partial charge in [0.2, 0.25) is 0 Å². The standard InChI is InChI=1S/C20H21ClN2O5/c1-3-28-20-8-12(4-5-17(20)25)16-11-15(22-23(16)6-7-24)13-9-19(27-2)18(26)10-14(13)21/h4-5,8-11,24-26H,3,6-7H2,1-2H3. The summed E-state index contributed by atoms with van der Waals surface area (Å²) in [6, 6.07) is 9.82. The third kappa shape index (κ3) is 3.85. The van der Waals surface area contributed by atoms with Crippen molar-refractivity contribution in [3.8, 4) is 45.5 Å². The maximum atomic E-state index is 9.95. The third-order valence-corrected chi connectivity index (χ3v) is 4.50. The van der Waals surface area contributed by atoms with E-state index in [4.69, 9.17) is 21.1 Å². The van der Waals surface area contributed by atoms with E-state index in [0.29, 0.717) is 34.3 Å². The molecule has 0 bridgehead atoms. The van der Waals surface area contributed by atoms with E-state index >= 15 is 0 Å². The van der Waals surface area contributed by atoms with Crippen molar-refractivity contribution in [2.24, 2.45) is 0 Å². The van der Waals surface area contributed by atoms with Gasteiger partial charge < -0.3 is 24.8 Å². The van der Waals surface area contributed by atoms with Crippen molar-refractivity contribution in [3.63, 3.8) is 0 Å². The van der Waals surface area contributed by atoms with Gasteiger partial charge in [0.25, 0.3) is 0 Å². The summed E-state index contributed by atoms with van der Waals surface area (Å²) in [6.07, 6.45) is 0. The molecule has 0 unspecified atom stereocenters. The van der Waals surface area contributed by atoms with Crippen LogP contribution in [-0.2, 0) is 6.54 Å². The molecule has 0 spiro atoms. The molecule has 2 aromatic carbocycles. The highest BCUT2D eigenvalue weighted by molar-refractivity contribution is 6.33. The number of phenols is 2. The van der Waals surface area contributed by atoms with Crippen LogP contribution in [0.15, 0.2) is 36.4 Å². The molecule has 3 N–H and O–H groups in total. The summed E-state index contributed by atoms with van der Waals surface area (Å²) in [4.78, 5) is 0. The predicted octanol–water partition coefficient (Wildman–Crippen LogP) is 3.68. The van der Waals surface area contributed by atoms with Gasteiger partial charge in [-0.1, -0.05) is 11.6 Å². The molecule has 148 valence electrons. The van der Waals surface area contributed by atoms with E-state index in [1.807, 2.05) is 13.0 Å². The van der Waals surface area contributed by atoms with Crippen LogP contribution < -0.4 is 9.47 Å². The molecule has 0 saturated carbocycles. The Morgan fingerprint density at radius 3 is 2.54 bits per heavy atom. The average Bonchev–Trinajstić information content (AvgIpc) is 3.08. The van der Waals surface area contributed by atoms with Gasteiger partial charge in [-0.25, -0.2) is 0 Å². The highest BCUT2D eigenvalue weighted by Gasteiger charge is 2.17. The number of nitrogens with zero attached hydrogens (tertiary/aromatic N) is 2. The Morgan fingerprint density at radius 2 is 1.86 bits per heavy atom. The van der Waals surface area contributed by atoms with Gasteiger partial charge in [0, 0.05) is 17.2 Å². The van der Waals surface area contributed by atoms with E-state index in [1.165, 1.54) is 13.2 Å². The number of methoxy groups -OCH3 is 1. The highest BCUT2D eigenvalue weighted by atomic mass is 35.5. The maximum absolute atomic E-state index is 9.95. The van der Waals surface area contributed by atoms with Crippen molar-refractivity contribution in [3.05, 3.63) is 41.4 Å². The number of hydrogen-bond donors (Lipinski definition) is 3. The van der Waals surface area contributed by atoms with Crippen molar-refractivity contribution in [2.75, 3.05) is 20.3 Å². The summed E-state index contributed by atoms with van der Waals surface area (Å²) in [5.41, 5.74) is 2.61. The lowest BCUT2D eigenvalue weighted by atomic mass is 10.1. The summed E-state index contributed by atoms with van der Waals surface area (Å²) in [5.74, 6) is 0.625. The molecule has 0 radical (unpaired) electrons. The number of aliphatic hydroxyl groups excluding tert-OH is 1. The van der Waals surface area contributed by atoms with Crippen LogP contribution in [0.1, 0.15) is 6.92 Å². The Morgan fingerprint density at radius 1 is 1.07 bits per heavy atom. The van der Waals surface area contributed by atoms with Gasteiger partial charge in [0.15, 0.2) is 23.0 Å². The number of halogens is 1. The summed E-state index contributed by atoms with van der Waals surface area (Å²) in [7, 11) is 1.45. The second kappa shape index (κ2) is 8.41. The second-order valence-corrected chi connectivity index (χ2v) is 6.39. The molecule has 1 aromatic heterocycles. The highest BCUT2D eigenvalue weighted by Crippen LogP contribution is 2.39. The smallest absolute Gasteiger partial charge is 0.161 e. The topological polar surface area (TPSA) is 97.0 Å². The van der Waals surface area contributed by atoms with Crippen molar-refractivity contribution >= 4 is 11.6 Å². The van der Waals surface area contributed by atoms with Gasteiger partial charge in [0.1, 0.15) is 0 Å². The second-order valence-electron chi connectivity index (χ2n) is 5.98. The molecule has 3 aromatic rings. The fourth-order valence-electron chi connectivity index (χ4n) is 2.89. The number of aromatic nitrogens is 2. The zero-order chi connectivity index (χ0) is 20.3. The van der Waals surface area contributed by atoms with Crippen LogP contribution in [0.5, 0.6) is 23.0 Å². The Hall–Kier alpha value is -2.90. The van der Waals surface area contributed by atoms with E-state index in [-0.39, 0.29) is 30.4 Å². The van der Waals surface area contributed by atoms with Crippen LogP contribution in [0.3, 0.4) is 0 Å². The van der Waals surface area contributed by atoms with Gasteiger partial charge in [-0.05, 0) is 37.3 Å². The van der Waals surface area contributed by atoms with Crippen LogP contribution in [0.2, 0.25) is 5.02 Å². The molecule has 3 rings (SSSR count). The summed E-state index contributed by atoms with van der Waals surface area (Å²) in [5, 5.41) is 34.1. The maximum Gasteiger partial charge on any atom is 0.161 e. The Kier molecular flexibility index (Phi) is 5.96. The monoisotopic (exact) mass is 404 g/mol. The third-order valence-electron chi connectivity index (χ3n) is 4.19. The SMILES string of the molecule is CCOc1cc(-c2cc(-c3cc(OC)c(O)cc3Cl)nn2CCO)ccc1O. The molecule has 0 aliphatic heterocycles. The van der Waals surface area contributed by atoms with Gasteiger partial charge in [-0.15, -0.1) is 0 Å². The normalized spacial score (nSPS) is 10.9. The summed E-state index contributed by atoms with van der Waals surface area (Å²) >= 11 is 6.30. The Balaban J connectivity index is 2.12. The van der Waals surface area contributed by atoms with Gasteiger partial charge in [0.05, 0.1) is 43.3 Å². The van der Waals surface area contributed by atoms with Crippen LogP contribution in [0.25, 0.3) is 22.5 Å². The van der Waals surface area contributed by atoms with Gasteiger partial charge in [-0.3, -0.25) is 4.68 Å². The van der Waals surface area contributed by atoms with Crippen molar-refractivity contribution in [2.45, 2.75) is 13.5 Å². The Labute approximate surface area is 167 Å². The van der Waals surface area contributed by atoms with Gasteiger partial charge in [-0.2, -0.15) is 5.10 Å². The summed E-state index contributed by atoms with van der Waals surface area (Å²) < 4.78 is 12.3. The Bertz CT molecular complexity index is 987. The van der Waals surface area contributed by atoms with E-state index < -0.39 is 0 Å². The molecule has 0 fully saturated rings. The van der Waals surface area contributed by atoms with Crippen LogP contribution in [0.4, 0.5) is 0 Å². The number of ether oxygens (including phenoxy) is 2. The van der Waals surface area contributed by atoms with E-state index in [0.717, 1.165) is 5.56 Å². The summed E-state index contributed by atoms with van der Waals surface area (Å²) in [6.45, 7) is 2.42. The van der Waals surface area contributed by atoms with Crippen molar-refractivity contribution in [1.82, 2.24) is 9.78 Å². The molecule has 7 nitrogen and oxygen atoms in total. The van der Waals surface area contributed by atoms with Crippen LogP contribution in [-0.4, -0.2) is 45.4 Å². The zero-order valence-electron chi connectivity index (χ0n) is 15.5. The van der Waals surface area contributed by atoms with Crippen molar-refractivity contribution < 1.29 is 24.8 Å². The largest absolute Gasteiger partial charge is 0.504 e. The lowest BCUT2D eigenvalue weighted by Gasteiger charge is -2.09. The first-order valence-electron chi connectivity index (χ1n) is 8.70. The minimum atomic E-state index is -0.100. The first-order chi connectivity index (χ1) is 13.5. The molecule has 0 amide bonds. The molecule has 0 saturated heterocycles. The van der Waals surface area contributed by atoms with Crippen LogP contribution in [0, 0.1) is 0 Å². The molecule has 8 heteroatoms. The van der Waals surface area contributed by atoms with E-state index in [2.05, 4.69) is 5.10 Å². The minimum absolute atomic E-state index is 0.0466. The molecule has 0 aliphatic carbocycles. The molecule has 1 heterocycles. The first kappa shape index (κ1) is 19.9.